The van der Waals surface area contributed by atoms with Crippen LogP contribution < -0.4 is 4.90 Å². The average molecular weight is 305 g/mol. The highest BCUT2D eigenvalue weighted by molar-refractivity contribution is 9.10. The number of carbonyl (C=O) groups is 1. The first kappa shape index (κ1) is 11.9. The molecule has 0 spiro atoms. The summed E-state index contributed by atoms with van der Waals surface area (Å²) in [6, 6.07) is -0.416. The first-order valence-corrected chi connectivity index (χ1v) is 6.96. The van der Waals surface area contributed by atoms with Crippen molar-refractivity contribution in [2.75, 3.05) is 11.4 Å². The lowest BCUT2D eigenvalue weighted by atomic mass is 10.1. The molecule has 2 rings (SSSR count). The van der Waals surface area contributed by atoms with Crippen LogP contribution in [0.25, 0.3) is 0 Å². The van der Waals surface area contributed by atoms with Gasteiger partial charge in [-0.3, -0.25) is 0 Å². The molecule has 88 valence electrons. The minimum absolute atomic E-state index is 0.416. The van der Waals surface area contributed by atoms with Crippen molar-refractivity contribution in [1.29, 1.82) is 0 Å². The predicted molar refractivity (Wildman–Crippen MR) is 67.1 cm³/mol. The summed E-state index contributed by atoms with van der Waals surface area (Å²) in [6.07, 6.45) is 3.85. The number of thiazole rings is 1. The van der Waals surface area contributed by atoms with Gasteiger partial charge in [0.05, 0.1) is 0 Å². The number of halogens is 1. The molecule has 2 heterocycles. The number of hydrogen-bond acceptors (Lipinski definition) is 4. The molecule has 1 unspecified atom stereocenters. The zero-order valence-electron chi connectivity index (χ0n) is 8.73. The molecule has 1 N–H and O–H groups in total. The number of nitrogens with zero attached hydrogens (tertiary/aromatic N) is 2. The molecule has 1 aliphatic heterocycles. The van der Waals surface area contributed by atoms with Gasteiger partial charge in [-0.25, -0.2) is 9.78 Å². The molecular weight excluding hydrogens is 292 g/mol. The molecule has 4 nitrogen and oxygen atoms in total. The third-order valence-corrected chi connectivity index (χ3v) is 4.33. The van der Waals surface area contributed by atoms with Crippen molar-refractivity contribution in [2.24, 2.45) is 0 Å². The Morgan fingerprint density at radius 1 is 1.56 bits per heavy atom. The smallest absolute Gasteiger partial charge is 0.326 e. The summed E-state index contributed by atoms with van der Waals surface area (Å²) >= 11 is 4.79. The van der Waals surface area contributed by atoms with Gasteiger partial charge in [0.15, 0.2) is 5.13 Å². The molecule has 6 heteroatoms. The number of hydrogen-bond donors (Lipinski definition) is 1. The molecule has 1 aliphatic rings. The summed E-state index contributed by atoms with van der Waals surface area (Å²) in [7, 11) is 0. The van der Waals surface area contributed by atoms with Gasteiger partial charge in [0.2, 0.25) is 0 Å². The SMILES string of the molecule is O=C(O)C1CCCCCN1c1nc(Br)cs1. The summed E-state index contributed by atoms with van der Waals surface area (Å²) in [5.41, 5.74) is 0. The first-order chi connectivity index (χ1) is 7.68. The summed E-state index contributed by atoms with van der Waals surface area (Å²) in [5, 5.41) is 11.9. The van der Waals surface area contributed by atoms with E-state index in [-0.39, 0.29) is 0 Å². The molecule has 0 saturated carbocycles. The average Bonchev–Trinajstić information content (AvgIpc) is 2.54. The van der Waals surface area contributed by atoms with Crippen LogP contribution in [-0.4, -0.2) is 28.6 Å². The zero-order valence-corrected chi connectivity index (χ0v) is 11.1. The number of anilines is 1. The molecule has 1 aromatic rings. The largest absolute Gasteiger partial charge is 0.480 e. The van der Waals surface area contributed by atoms with Crippen LogP contribution in [0.2, 0.25) is 0 Å². The third-order valence-electron chi connectivity index (χ3n) is 2.75. The fourth-order valence-electron chi connectivity index (χ4n) is 1.97. The van der Waals surface area contributed by atoms with Gasteiger partial charge in [-0.1, -0.05) is 12.8 Å². The van der Waals surface area contributed by atoms with Gasteiger partial charge in [-0.2, -0.15) is 0 Å². The molecule has 0 bridgehead atoms. The van der Waals surface area contributed by atoms with Gasteiger partial charge >= 0.3 is 5.97 Å². The van der Waals surface area contributed by atoms with Gasteiger partial charge in [0.25, 0.3) is 0 Å². The Labute approximate surface area is 106 Å². The van der Waals surface area contributed by atoms with Crippen molar-refractivity contribution in [3.05, 3.63) is 9.98 Å². The minimum atomic E-state index is -0.742. The lowest BCUT2D eigenvalue weighted by Crippen LogP contribution is -2.40. The maximum atomic E-state index is 11.2. The Hall–Kier alpha value is -0.620. The molecule has 1 atom stereocenters. The van der Waals surface area contributed by atoms with Crippen LogP contribution in [0.15, 0.2) is 9.98 Å². The normalized spacial score (nSPS) is 21.8. The summed E-state index contributed by atoms with van der Waals surface area (Å²) in [5.74, 6) is -0.742. The van der Waals surface area contributed by atoms with E-state index in [4.69, 9.17) is 0 Å². The van der Waals surface area contributed by atoms with Crippen molar-refractivity contribution in [3.63, 3.8) is 0 Å². The molecule has 0 radical (unpaired) electrons. The number of aliphatic carboxylic acids is 1. The monoisotopic (exact) mass is 304 g/mol. The molecule has 16 heavy (non-hydrogen) atoms. The Morgan fingerprint density at radius 3 is 3.00 bits per heavy atom. The second-order valence-corrected chi connectivity index (χ2v) is 5.50. The van der Waals surface area contributed by atoms with E-state index < -0.39 is 12.0 Å². The maximum Gasteiger partial charge on any atom is 0.326 e. The minimum Gasteiger partial charge on any atom is -0.480 e. The highest BCUT2D eigenvalue weighted by Gasteiger charge is 2.28. The third kappa shape index (κ3) is 2.55. The van der Waals surface area contributed by atoms with E-state index in [1.165, 1.54) is 11.3 Å². The van der Waals surface area contributed by atoms with Gasteiger partial charge < -0.3 is 10.0 Å². The number of rotatable bonds is 2. The highest BCUT2D eigenvalue weighted by atomic mass is 79.9. The molecule has 0 aliphatic carbocycles. The molecular formula is C10H13BrN2O2S. The number of carboxylic acids is 1. The number of carboxylic acid groups (broad SMARTS) is 1. The first-order valence-electron chi connectivity index (χ1n) is 5.29. The lowest BCUT2D eigenvalue weighted by molar-refractivity contribution is -0.138. The Balaban J connectivity index is 2.23. The summed E-state index contributed by atoms with van der Waals surface area (Å²) in [4.78, 5) is 17.4. The van der Waals surface area contributed by atoms with E-state index in [0.717, 1.165) is 35.5 Å². The second-order valence-electron chi connectivity index (χ2n) is 3.85. The Morgan fingerprint density at radius 2 is 2.38 bits per heavy atom. The van der Waals surface area contributed by atoms with Gasteiger partial charge in [0.1, 0.15) is 10.6 Å². The van der Waals surface area contributed by atoms with Crippen LogP contribution in [0.5, 0.6) is 0 Å². The topological polar surface area (TPSA) is 53.4 Å². The zero-order chi connectivity index (χ0) is 11.5. The lowest BCUT2D eigenvalue weighted by Gasteiger charge is -2.26. The van der Waals surface area contributed by atoms with E-state index in [1.807, 2.05) is 10.3 Å². The van der Waals surface area contributed by atoms with Crippen LogP contribution in [0.4, 0.5) is 5.13 Å². The van der Waals surface area contributed by atoms with Crippen molar-refractivity contribution >= 4 is 38.4 Å². The van der Waals surface area contributed by atoms with E-state index in [1.54, 1.807) is 0 Å². The van der Waals surface area contributed by atoms with E-state index in [2.05, 4.69) is 20.9 Å². The molecule has 1 aromatic heterocycles. The Bertz CT molecular complexity index is 383. The second kappa shape index (κ2) is 5.14. The van der Waals surface area contributed by atoms with Crippen LogP contribution in [0, 0.1) is 0 Å². The molecule has 0 aromatic carbocycles. The number of aromatic nitrogens is 1. The quantitative estimate of drug-likeness (QED) is 0.913. The van der Waals surface area contributed by atoms with Gasteiger partial charge in [0, 0.05) is 11.9 Å². The fraction of sp³-hybridized carbons (Fsp3) is 0.600. The predicted octanol–water partition coefficient (Wildman–Crippen LogP) is 2.74. The fourth-order valence-corrected chi connectivity index (χ4v) is 3.30. The highest BCUT2D eigenvalue weighted by Crippen LogP contribution is 2.29. The van der Waals surface area contributed by atoms with E-state index in [9.17, 15) is 9.90 Å². The van der Waals surface area contributed by atoms with Crippen molar-refractivity contribution in [2.45, 2.75) is 31.7 Å². The van der Waals surface area contributed by atoms with Crippen molar-refractivity contribution < 1.29 is 9.90 Å². The Kier molecular flexibility index (Phi) is 3.81. The van der Waals surface area contributed by atoms with Crippen LogP contribution in [-0.2, 0) is 4.79 Å². The summed E-state index contributed by atoms with van der Waals surface area (Å²) < 4.78 is 0.779. The van der Waals surface area contributed by atoms with Crippen molar-refractivity contribution in [1.82, 2.24) is 4.98 Å². The maximum absolute atomic E-state index is 11.2. The van der Waals surface area contributed by atoms with Crippen LogP contribution in [0.3, 0.4) is 0 Å². The van der Waals surface area contributed by atoms with E-state index >= 15 is 0 Å². The molecule has 0 amide bonds. The van der Waals surface area contributed by atoms with Crippen LogP contribution >= 0.6 is 27.3 Å². The van der Waals surface area contributed by atoms with Gasteiger partial charge in [-0.05, 0) is 28.8 Å². The van der Waals surface area contributed by atoms with Crippen molar-refractivity contribution in [3.8, 4) is 0 Å². The summed E-state index contributed by atoms with van der Waals surface area (Å²) in [6.45, 7) is 0.789. The molecule has 1 fully saturated rings. The van der Waals surface area contributed by atoms with Crippen LogP contribution in [0.1, 0.15) is 25.7 Å². The molecule has 1 saturated heterocycles. The standard InChI is InChI=1S/C10H13BrN2O2S/c11-8-6-16-10(12-8)13-5-3-1-2-4-7(13)9(14)15/h6-7H,1-5H2,(H,14,15). The van der Waals surface area contributed by atoms with Gasteiger partial charge in [-0.15, -0.1) is 11.3 Å². The van der Waals surface area contributed by atoms with E-state index in [0.29, 0.717) is 6.42 Å².